The van der Waals surface area contributed by atoms with Gasteiger partial charge in [0.25, 0.3) is 0 Å². The zero-order valence-corrected chi connectivity index (χ0v) is 16.1. The van der Waals surface area contributed by atoms with E-state index in [1.807, 2.05) is 0 Å². The Balaban J connectivity index is 1.64. The molecule has 0 saturated carbocycles. The van der Waals surface area contributed by atoms with Crippen LogP contribution >= 0.6 is 0 Å². The highest BCUT2D eigenvalue weighted by atomic mass is 16.7. The summed E-state index contributed by atoms with van der Waals surface area (Å²) in [6.07, 6.45) is 1.13. The number of benzene rings is 2. The van der Waals surface area contributed by atoms with Gasteiger partial charge >= 0.3 is 0 Å². The summed E-state index contributed by atoms with van der Waals surface area (Å²) in [5.74, 6) is 0. The number of rotatable bonds is 9. The molecule has 4 heteroatoms. The van der Waals surface area contributed by atoms with Gasteiger partial charge in [0.15, 0.2) is 0 Å². The maximum absolute atomic E-state index is 5.64. The monoisotopic (exact) mass is 353 g/mol. The largest absolute Gasteiger partial charge is 0.308 e. The lowest BCUT2D eigenvalue weighted by atomic mass is 10.1. The Morgan fingerprint density at radius 3 is 2.35 bits per heavy atom. The average molecular weight is 354 g/mol. The molecule has 0 aromatic heterocycles. The van der Waals surface area contributed by atoms with E-state index >= 15 is 0 Å². The first-order valence-corrected chi connectivity index (χ1v) is 9.56. The Hall–Kier alpha value is -1.72. The summed E-state index contributed by atoms with van der Waals surface area (Å²) in [4.78, 5) is 10.4. The summed E-state index contributed by atoms with van der Waals surface area (Å²) in [6.45, 7) is 6.84. The topological polar surface area (TPSA) is 19.0 Å². The van der Waals surface area contributed by atoms with E-state index in [0.717, 1.165) is 52.3 Å². The van der Waals surface area contributed by atoms with Crippen LogP contribution in [0.4, 0.5) is 0 Å². The van der Waals surface area contributed by atoms with Crippen molar-refractivity contribution < 1.29 is 4.84 Å². The van der Waals surface area contributed by atoms with E-state index in [1.165, 1.54) is 16.7 Å². The minimum absolute atomic E-state index is 0.856. The Labute approximate surface area is 157 Å². The van der Waals surface area contributed by atoms with Gasteiger partial charge in [0.05, 0.1) is 6.61 Å². The molecule has 0 unspecified atom stereocenters. The molecule has 0 bridgehead atoms. The lowest BCUT2D eigenvalue weighted by Crippen LogP contribution is -2.31. The van der Waals surface area contributed by atoms with Gasteiger partial charge in [-0.25, -0.2) is 0 Å². The number of hydrogen-bond acceptors (Lipinski definition) is 4. The van der Waals surface area contributed by atoms with Crippen molar-refractivity contribution in [1.82, 2.24) is 14.9 Å². The van der Waals surface area contributed by atoms with Crippen molar-refractivity contribution in [3.63, 3.8) is 0 Å². The van der Waals surface area contributed by atoms with Crippen LogP contribution in [0.15, 0.2) is 54.6 Å². The van der Waals surface area contributed by atoms with E-state index in [4.69, 9.17) is 4.84 Å². The average Bonchev–Trinajstić information content (AvgIpc) is 3.14. The number of nitrogens with zero attached hydrogens (tertiary/aromatic N) is 3. The summed E-state index contributed by atoms with van der Waals surface area (Å²) >= 11 is 0. The highest BCUT2D eigenvalue weighted by Crippen LogP contribution is 2.15. The molecule has 1 saturated heterocycles. The third-order valence-electron chi connectivity index (χ3n) is 4.69. The van der Waals surface area contributed by atoms with E-state index < -0.39 is 0 Å². The quantitative estimate of drug-likeness (QED) is 0.688. The van der Waals surface area contributed by atoms with E-state index in [-0.39, 0.29) is 0 Å². The van der Waals surface area contributed by atoms with Gasteiger partial charge in [0.1, 0.15) is 0 Å². The molecule has 2 aromatic carbocycles. The fraction of sp³-hybridized carbons (Fsp3) is 0.455. The van der Waals surface area contributed by atoms with Crippen LogP contribution in [-0.4, -0.2) is 55.2 Å². The second-order valence-electron chi connectivity index (χ2n) is 7.37. The van der Waals surface area contributed by atoms with Crippen molar-refractivity contribution in [3.8, 4) is 0 Å². The minimum atomic E-state index is 0.856. The van der Waals surface area contributed by atoms with E-state index in [2.05, 4.69) is 83.6 Å². The zero-order chi connectivity index (χ0) is 18.2. The lowest BCUT2D eigenvalue weighted by Gasteiger charge is -2.25. The molecule has 0 atom stereocenters. The van der Waals surface area contributed by atoms with Crippen LogP contribution in [0.5, 0.6) is 0 Å². The van der Waals surface area contributed by atoms with Crippen molar-refractivity contribution in [1.29, 1.82) is 0 Å². The third kappa shape index (κ3) is 6.22. The first-order valence-electron chi connectivity index (χ1n) is 9.56. The van der Waals surface area contributed by atoms with Gasteiger partial charge in [-0.05, 0) is 37.2 Å². The predicted molar refractivity (Wildman–Crippen MR) is 107 cm³/mol. The molecule has 0 amide bonds. The van der Waals surface area contributed by atoms with Crippen LogP contribution < -0.4 is 0 Å². The molecular formula is C22H31N3O. The van der Waals surface area contributed by atoms with Crippen LogP contribution in [0.2, 0.25) is 0 Å². The zero-order valence-electron chi connectivity index (χ0n) is 16.1. The van der Waals surface area contributed by atoms with Gasteiger partial charge in [-0.15, -0.1) is 0 Å². The van der Waals surface area contributed by atoms with Crippen LogP contribution in [0.25, 0.3) is 0 Å². The van der Waals surface area contributed by atoms with Gasteiger partial charge in [-0.3, -0.25) is 9.74 Å². The first-order chi connectivity index (χ1) is 12.7. The number of hydroxylamine groups is 2. The summed E-state index contributed by atoms with van der Waals surface area (Å²) in [5.41, 5.74) is 4.07. The first kappa shape index (κ1) is 19.1. The maximum atomic E-state index is 5.64. The summed E-state index contributed by atoms with van der Waals surface area (Å²) in [5, 5.41) is 2.08. The molecule has 140 valence electrons. The predicted octanol–water partition coefficient (Wildman–Crippen LogP) is 3.39. The van der Waals surface area contributed by atoms with Gasteiger partial charge in [-0.2, -0.15) is 5.06 Å². The normalized spacial score (nSPS) is 15.2. The number of hydrogen-bond donors (Lipinski definition) is 0. The van der Waals surface area contributed by atoms with Crippen LogP contribution in [0, 0.1) is 0 Å². The SMILES string of the molecule is CN(C)CCN(Cc1ccccc1)Cc1cccc(CN2CCCO2)c1. The van der Waals surface area contributed by atoms with Crippen LogP contribution in [0.3, 0.4) is 0 Å². The lowest BCUT2D eigenvalue weighted by molar-refractivity contribution is -0.117. The number of likely N-dealkylation sites (N-methyl/N-ethyl adjacent to an activating group) is 1. The van der Waals surface area contributed by atoms with E-state index in [1.54, 1.807) is 0 Å². The summed E-state index contributed by atoms with van der Waals surface area (Å²) in [7, 11) is 4.27. The highest BCUT2D eigenvalue weighted by molar-refractivity contribution is 5.24. The fourth-order valence-corrected chi connectivity index (χ4v) is 3.31. The standard InChI is InChI=1S/C22H31N3O/c1-23(2)13-14-24(17-20-8-4-3-5-9-20)18-21-10-6-11-22(16-21)19-25-12-7-15-26-25/h3-6,8-11,16H,7,12-15,17-19H2,1-2H3. The van der Waals surface area contributed by atoms with Crippen molar-refractivity contribution >= 4 is 0 Å². The van der Waals surface area contributed by atoms with Crippen molar-refractivity contribution in [3.05, 3.63) is 71.3 Å². The summed E-state index contributed by atoms with van der Waals surface area (Å²) < 4.78 is 0. The molecule has 0 spiro atoms. The molecule has 0 radical (unpaired) electrons. The van der Waals surface area contributed by atoms with Crippen molar-refractivity contribution in [2.24, 2.45) is 0 Å². The highest BCUT2D eigenvalue weighted by Gasteiger charge is 2.13. The van der Waals surface area contributed by atoms with Crippen molar-refractivity contribution in [2.45, 2.75) is 26.1 Å². The van der Waals surface area contributed by atoms with Gasteiger partial charge < -0.3 is 4.90 Å². The molecule has 26 heavy (non-hydrogen) atoms. The second-order valence-corrected chi connectivity index (χ2v) is 7.37. The van der Waals surface area contributed by atoms with Gasteiger partial charge in [-0.1, -0.05) is 54.6 Å². The Morgan fingerprint density at radius 2 is 1.62 bits per heavy atom. The van der Waals surface area contributed by atoms with E-state index in [0.29, 0.717) is 0 Å². The molecule has 1 aliphatic heterocycles. The molecule has 3 rings (SSSR count). The second kappa shape index (κ2) is 9.83. The molecule has 1 aliphatic rings. The smallest absolute Gasteiger partial charge is 0.0698 e. The van der Waals surface area contributed by atoms with E-state index in [9.17, 15) is 0 Å². The molecule has 0 N–H and O–H groups in total. The maximum Gasteiger partial charge on any atom is 0.0698 e. The molecule has 1 heterocycles. The Bertz CT molecular complexity index is 653. The molecule has 1 fully saturated rings. The molecule has 4 nitrogen and oxygen atoms in total. The Kier molecular flexibility index (Phi) is 7.21. The van der Waals surface area contributed by atoms with Gasteiger partial charge in [0.2, 0.25) is 0 Å². The Morgan fingerprint density at radius 1 is 0.885 bits per heavy atom. The van der Waals surface area contributed by atoms with Crippen LogP contribution in [0.1, 0.15) is 23.1 Å². The third-order valence-corrected chi connectivity index (χ3v) is 4.69. The fourth-order valence-electron chi connectivity index (χ4n) is 3.31. The summed E-state index contributed by atoms with van der Waals surface area (Å²) in [6, 6.07) is 19.7. The minimum Gasteiger partial charge on any atom is -0.308 e. The molecule has 0 aliphatic carbocycles. The van der Waals surface area contributed by atoms with Gasteiger partial charge in [0, 0.05) is 39.3 Å². The molecular weight excluding hydrogens is 322 g/mol. The van der Waals surface area contributed by atoms with Crippen molar-refractivity contribution in [2.75, 3.05) is 40.3 Å². The van der Waals surface area contributed by atoms with Crippen LogP contribution in [-0.2, 0) is 24.5 Å². The molecule has 2 aromatic rings.